The molecule has 1 fully saturated rings. The van der Waals surface area contributed by atoms with E-state index in [0.717, 1.165) is 11.3 Å². The summed E-state index contributed by atoms with van der Waals surface area (Å²) >= 11 is 0. The zero-order valence-corrected chi connectivity index (χ0v) is 15.7. The Morgan fingerprint density at radius 1 is 1.08 bits per heavy atom. The molecule has 25 heavy (non-hydrogen) atoms. The zero-order valence-electron chi connectivity index (χ0n) is 15.7. The molecule has 2 aliphatic carbocycles. The van der Waals surface area contributed by atoms with Gasteiger partial charge in [0, 0.05) is 6.42 Å². The first-order valence-corrected chi connectivity index (χ1v) is 9.79. The van der Waals surface area contributed by atoms with E-state index in [9.17, 15) is 4.79 Å². The quantitative estimate of drug-likeness (QED) is 0.665. The number of carboxylic acids is 1. The van der Waals surface area contributed by atoms with Crippen molar-refractivity contribution in [1.29, 1.82) is 0 Å². The number of carboxylic acid groups (broad SMARTS) is 1. The summed E-state index contributed by atoms with van der Waals surface area (Å²) in [5.41, 5.74) is 2.98. The third kappa shape index (κ3) is 5.91. The van der Waals surface area contributed by atoms with Crippen LogP contribution in [0.3, 0.4) is 0 Å². The molecule has 0 amide bonds. The lowest BCUT2D eigenvalue weighted by molar-refractivity contribution is -0.136. The van der Waals surface area contributed by atoms with Crippen LogP contribution < -0.4 is 4.74 Å². The van der Waals surface area contributed by atoms with Gasteiger partial charge in [0.2, 0.25) is 0 Å². The molecule has 138 valence electrons. The minimum absolute atomic E-state index is 0.176. The van der Waals surface area contributed by atoms with Crippen LogP contribution in [0.1, 0.15) is 70.8 Å². The topological polar surface area (TPSA) is 46.5 Å². The molecule has 2 aliphatic rings. The number of aliphatic carboxylic acids is 1. The maximum absolute atomic E-state index is 10.6. The fraction of sp³-hybridized carbons (Fsp3) is 0.591. The van der Waals surface area contributed by atoms with Crippen LogP contribution in [0.2, 0.25) is 0 Å². The van der Waals surface area contributed by atoms with Gasteiger partial charge in [-0.1, -0.05) is 44.9 Å². The Hall–Kier alpha value is -1.77. The number of aryl methyl sites for hydroxylation is 1. The van der Waals surface area contributed by atoms with Gasteiger partial charge in [0.05, 0.1) is 0 Å². The second-order valence-electron chi connectivity index (χ2n) is 7.05. The predicted octanol–water partition coefficient (Wildman–Crippen LogP) is 5.78. The molecular formula is C22H32O3. The smallest absolute Gasteiger partial charge is 0.303 e. The molecule has 1 saturated carbocycles. The highest BCUT2D eigenvalue weighted by Gasteiger charge is 2.33. The third-order valence-electron chi connectivity index (χ3n) is 5.26. The summed E-state index contributed by atoms with van der Waals surface area (Å²) in [6, 6.07) is 7.83. The van der Waals surface area contributed by atoms with Gasteiger partial charge in [0.25, 0.3) is 0 Å². The highest BCUT2D eigenvalue weighted by atomic mass is 16.5. The molecule has 0 saturated heterocycles. The van der Waals surface area contributed by atoms with Gasteiger partial charge >= 0.3 is 5.97 Å². The summed E-state index contributed by atoms with van der Waals surface area (Å²) < 4.78 is 5.94. The summed E-state index contributed by atoms with van der Waals surface area (Å²) in [6.07, 6.45) is 12.5. The van der Waals surface area contributed by atoms with Crippen molar-refractivity contribution in [3.63, 3.8) is 0 Å². The van der Waals surface area contributed by atoms with Crippen LogP contribution in [-0.4, -0.2) is 17.7 Å². The van der Waals surface area contributed by atoms with E-state index < -0.39 is 5.97 Å². The van der Waals surface area contributed by atoms with Crippen molar-refractivity contribution in [2.45, 2.75) is 71.6 Å². The SMILES string of the molecule is CC.O=C(O)CCc1ccc(OCC2=CC3(CCCC3)CCC2)cc1. The molecule has 0 heterocycles. The molecule has 1 spiro atoms. The molecule has 1 aromatic carbocycles. The standard InChI is InChI=1S/C20H26O3.C2H6/c21-19(22)10-7-16-5-8-18(9-6-16)23-15-17-4-3-13-20(14-17)11-1-2-12-20;1-2/h5-6,8-9,14H,1-4,7,10-13,15H2,(H,21,22);1-2H3. The lowest BCUT2D eigenvalue weighted by Crippen LogP contribution is -2.19. The molecule has 3 heteroatoms. The van der Waals surface area contributed by atoms with Gasteiger partial charge in [-0.15, -0.1) is 0 Å². The van der Waals surface area contributed by atoms with E-state index in [2.05, 4.69) is 6.08 Å². The highest BCUT2D eigenvalue weighted by molar-refractivity contribution is 5.67. The largest absolute Gasteiger partial charge is 0.489 e. The van der Waals surface area contributed by atoms with Gasteiger partial charge in [0.15, 0.2) is 0 Å². The van der Waals surface area contributed by atoms with E-state index in [1.165, 1.54) is 50.5 Å². The Morgan fingerprint density at radius 2 is 1.72 bits per heavy atom. The second kappa shape index (κ2) is 9.65. The fourth-order valence-corrected chi connectivity index (χ4v) is 4.01. The average Bonchev–Trinajstić information content (AvgIpc) is 3.08. The number of hydrogen-bond donors (Lipinski definition) is 1. The lowest BCUT2D eigenvalue weighted by atomic mass is 9.75. The van der Waals surface area contributed by atoms with Gasteiger partial charge < -0.3 is 9.84 Å². The molecule has 0 atom stereocenters. The molecule has 0 aromatic heterocycles. The minimum Gasteiger partial charge on any atom is -0.489 e. The van der Waals surface area contributed by atoms with Crippen molar-refractivity contribution in [3.8, 4) is 5.75 Å². The number of allylic oxidation sites excluding steroid dienone is 1. The highest BCUT2D eigenvalue weighted by Crippen LogP contribution is 2.47. The molecule has 3 nitrogen and oxygen atoms in total. The Morgan fingerprint density at radius 3 is 2.36 bits per heavy atom. The number of benzene rings is 1. The van der Waals surface area contributed by atoms with Crippen LogP contribution in [0.5, 0.6) is 5.75 Å². The second-order valence-corrected chi connectivity index (χ2v) is 7.05. The van der Waals surface area contributed by atoms with Gasteiger partial charge in [-0.3, -0.25) is 4.79 Å². The Labute approximate surface area is 152 Å². The molecule has 0 aliphatic heterocycles. The maximum atomic E-state index is 10.6. The van der Waals surface area contributed by atoms with Crippen molar-refractivity contribution in [2.75, 3.05) is 6.61 Å². The maximum Gasteiger partial charge on any atom is 0.303 e. The molecule has 0 bridgehead atoms. The Kier molecular flexibility index (Phi) is 7.54. The van der Waals surface area contributed by atoms with Crippen molar-refractivity contribution >= 4 is 5.97 Å². The van der Waals surface area contributed by atoms with E-state index in [1.54, 1.807) is 0 Å². The van der Waals surface area contributed by atoms with Crippen molar-refractivity contribution in [3.05, 3.63) is 41.5 Å². The van der Waals surface area contributed by atoms with E-state index in [-0.39, 0.29) is 6.42 Å². The van der Waals surface area contributed by atoms with E-state index in [0.29, 0.717) is 18.4 Å². The summed E-state index contributed by atoms with van der Waals surface area (Å²) in [7, 11) is 0. The first-order chi connectivity index (χ1) is 12.2. The first-order valence-electron chi connectivity index (χ1n) is 9.79. The third-order valence-corrected chi connectivity index (χ3v) is 5.26. The minimum atomic E-state index is -0.754. The van der Waals surface area contributed by atoms with Crippen LogP contribution in [-0.2, 0) is 11.2 Å². The van der Waals surface area contributed by atoms with Crippen LogP contribution in [0.4, 0.5) is 0 Å². The molecule has 0 unspecified atom stereocenters. The molecule has 1 aromatic rings. The zero-order chi connectivity index (χ0) is 18.1. The van der Waals surface area contributed by atoms with E-state index in [4.69, 9.17) is 9.84 Å². The lowest BCUT2D eigenvalue weighted by Gasteiger charge is -2.31. The molecule has 1 N–H and O–H groups in total. The summed E-state index contributed by atoms with van der Waals surface area (Å²) in [6.45, 7) is 4.69. The van der Waals surface area contributed by atoms with Gasteiger partial charge in [-0.2, -0.15) is 0 Å². The van der Waals surface area contributed by atoms with Crippen molar-refractivity contribution in [1.82, 2.24) is 0 Å². The monoisotopic (exact) mass is 344 g/mol. The predicted molar refractivity (Wildman–Crippen MR) is 102 cm³/mol. The normalized spacial score (nSPS) is 18.2. The molecule has 0 radical (unpaired) electrons. The summed E-state index contributed by atoms with van der Waals surface area (Å²) in [5, 5.41) is 8.71. The molecular weight excluding hydrogens is 312 g/mol. The number of ether oxygens (including phenoxy) is 1. The number of carbonyl (C=O) groups is 1. The van der Waals surface area contributed by atoms with Gasteiger partial charge in [-0.05, 0) is 67.2 Å². The van der Waals surface area contributed by atoms with Gasteiger partial charge in [0.1, 0.15) is 12.4 Å². The Balaban J connectivity index is 0.00000109. The van der Waals surface area contributed by atoms with Crippen molar-refractivity contribution < 1.29 is 14.6 Å². The van der Waals surface area contributed by atoms with Crippen LogP contribution in [0, 0.1) is 5.41 Å². The van der Waals surface area contributed by atoms with Crippen molar-refractivity contribution in [2.24, 2.45) is 5.41 Å². The number of hydrogen-bond acceptors (Lipinski definition) is 2. The number of rotatable bonds is 6. The van der Waals surface area contributed by atoms with Crippen LogP contribution in [0.15, 0.2) is 35.9 Å². The first kappa shape index (κ1) is 19.6. The van der Waals surface area contributed by atoms with E-state index in [1.807, 2.05) is 38.1 Å². The van der Waals surface area contributed by atoms with Gasteiger partial charge in [-0.25, -0.2) is 0 Å². The summed E-state index contributed by atoms with van der Waals surface area (Å²) in [5.74, 6) is 0.117. The van der Waals surface area contributed by atoms with Crippen LogP contribution in [0.25, 0.3) is 0 Å². The Bertz CT molecular complexity index is 565. The van der Waals surface area contributed by atoms with Crippen LogP contribution >= 0.6 is 0 Å². The summed E-state index contributed by atoms with van der Waals surface area (Å²) in [4.78, 5) is 10.6. The average molecular weight is 344 g/mol. The molecule has 3 rings (SSSR count). The fourth-order valence-electron chi connectivity index (χ4n) is 4.01. The van der Waals surface area contributed by atoms with E-state index >= 15 is 0 Å².